The van der Waals surface area contributed by atoms with Crippen LogP contribution in [0.5, 0.6) is 5.75 Å². The average molecular weight is 732 g/mol. The molecule has 2 saturated heterocycles. The molecule has 8 rings (SSSR count). The molecule has 0 radical (unpaired) electrons. The Morgan fingerprint density at radius 2 is 1.67 bits per heavy atom. The van der Waals surface area contributed by atoms with Crippen LogP contribution in [0.1, 0.15) is 99.0 Å². The van der Waals surface area contributed by atoms with Crippen molar-refractivity contribution in [3.63, 3.8) is 0 Å². The lowest BCUT2D eigenvalue weighted by Crippen LogP contribution is -2.53. The fraction of sp³-hybridized carbons (Fsp3) is 0.564. The van der Waals surface area contributed by atoms with Gasteiger partial charge >= 0.3 is 16.3 Å². The van der Waals surface area contributed by atoms with Crippen LogP contribution < -0.4 is 9.46 Å². The standard InChI is InChI=1S/C39H49N5O7S/c1-38(2,3)51-37(47)43-21-25-17-26(43)20-42(25)36(46)39-19-31(39)30-18-27(50-6)13-15-28(30)34-33(23-10-8-7-9-11-23)29-14-12-24(16-32(29)44(34)22-39)35(45)40-52(48,49)41(4)5/h12-16,18,23,25-26,31H,7-11,17,19-22H2,1-6H3,(H,40,45)/t25-,26-,31?,39?/m1/s1. The van der Waals surface area contributed by atoms with Gasteiger partial charge in [0.05, 0.1) is 30.3 Å². The number of carbonyl (C=O) groups excluding carboxylic acids is 3. The molecule has 2 saturated carbocycles. The molecule has 2 aliphatic carbocycles. The zero-order chi connectivity index (χ0) is 36.9. The van der Waals surface area contributed by atoms with Crippen LogP contribution in [0.2, 0.25) is 0 Å². The van der Waals surface area contributed by atoms with Crippen LogP contribution in [-0.4, -0.2) is 97.0 Å². The van der Waals surface area contributed by atoms with Gasteiger partial charge in [-0.05, 0) is 93.8 Å². The lowest BCUT2D eigenvalue weighted by Gasteiger charge is -2.37. The van der Waals surface area contributed by atoms with Gasteiger partial charge in [0.1, 0.15) is 11.4 Å². The van der Waals surface area contributed by atoms with E-state index in [0.29, 0.717) is 32.0 Å². The van der Waals surface area contributed by atoms with Gasteiger partial charge in [-0.25, -0.2) is 9.52 Å². The van der Waals surface area contributed by atoms with Crippen LogP contribution in [0.15, 0.2) is 36.4 Å². The van der Waals surface area contributed by atoms with Crippen molar-refractivity contribution in [3.05, 3.63) is 53.1 Å². The number of hydrogen-bond donors (Lipinski definition) is 1. The van der Waals surface area contributed by atoms with Gasteiger partial charge in [0.2, 0.25) is 5.91 Å². The second kappa shape index (κ2) is 12.2. The second-order valence-electron chi connectivity index (χ2n) is 16.6. The third-order valence-electron chi connectivity index (χ3n) is 12.0. The molecule has 2 unspecified atom stereocenters. The quantitative estimate of drug-likeness (QED) is 0.349. The summed E-state index contributed by atoms with van der Waals surface area (Å²) in [6, 6.07) is 11.5. The van der Waals surface area contributed by atoms with E-state index in [1.165, 1.54) is 26.1 Å². The average Bonchev–Trinajstić information content (AvgIpc) is 3.34. The zero-order valence-electron chi connectivity index (χ0n) is 30.9. The molecule has 13 heteroatoms. The van der Waals surface area contributed by atoms with Gasteiger partial charge in [-0.15, -0.1) is 0 Å². The summed E-state index contributed by atoms with van der Waals surface area (Å²) < 4.78 is 42.1. The highest BCUT2D eigenvalue weighted by Gasteiger charge is 2.65. The molecule has 2 bridgehead atoms. The van der Waals surface area contributed by atoms with Crippen LogP contribution in [-0.2, 0) is 26.3 Å². The van der Waals surface area contributed by atoms with E-state index in [1.807, 2.05) is 37.8 Å². The number of nitrogens with one attached hydrogen (secondary N) is 1. The summed E-state index contributed by atoms with van der Waals surface area (Å²) in [5.74, 6) is 0.414. The molecule has 2 aromatic carbocycles. The number of amides is 3. The number of methoxy groups -OCH3 is 1. The third-order valence-corrected chi connectivity index (χ3v) is 13.4. The van der Waals surface area contributed by atoms with Crippen molar-refractivity contribution in [1.82, 2.24) is 23.4 Å². The summed E-state index contributed by atoms with van der Waals surface area (Å²) in [5.41, 5.74) is 4.23. The van der Waals surface area contributed by atoms with Gasteiger partial charge < -0.3 is 23.8 Å². The fourth-order valence-corrected chi connectivity index (χ4v) is 9.97. The Balaban J connectivity index is 1.23. The number of piperazine rings is 1. The monoisotopic (exact) mass is 731 g/mol. The summed E-state index contributed by atoms with van der Waals surface area (Å²) in [5, 5.41) is 1.03. The highest BCUT2D eigenvalue weighted by atomic mass is 32.2. The minimum Gasteiger partial charge on any atom is -0.497 e. The topological polar surface area (TPSA) is 130 Å². The first-order valence-corrected chi connectivity index (χ1v) is 20.0. The lowest BCUT2D eigenvalue weighted by molar-refractivity contribution is -0.140. The zero-order valence-corrected chi connectivity index (χ0v) is 31.7. The van der Waals surface area contributed by atoms with Crippen molar-refractivity contribution in [2.75, 3.05) is 34.3 Å². The third kappa shape index (κ3) is 5.66. The lowest BCUT2D eigenvalue weighted by atomic mass is 9.81. The van der Waals surface area contributed by atoms with Crippen molar-refractivity contribution >= 4 is 39.0 Å². The van der Waals surface area contributed by atoms with E-state index in [-0.39, 0.29) is 35.6 Å². The van der Waals surface area contributed by atoms with Crippen LogP contribution in [0.25, 0.3) is 22.2 Å². The largest absolute Gasteiger partial charge is 0.497 e. The molecule has 1 N–H and O–H groups in total. The van der Waals surface area contributed by atoms with Gasteiger partial charge in [-0.3, -0.25) is 9.59 Å². The summed E-state index contributed by atoms with van der Waals surface area (Å²) in [6.45, 7) is 6.94. The molecule has 12 nitrogen and oxygen atoms in total. The van der Waals surface area contributed by atoms with E-state index in [4.69, 9.17) is 9.47 Å². The summed E-state index contributed by atoms with van der Waals surface area (Å²) in [7, 11) is 0.405. The minimum atomic E-state index is -4.00. The first kappa shape index (κ1) is 35.0. The van der Waals surface area contributed by atoms with Gasteiger partial charge in [0.15, 0.2) is 0 Å². The van der Waals surface area contributed by atoms with Crippen molar-refractivity contribution in [2.24, 2.45) is 5.41 Å². The van der Waals surface area contributed by atoms with Gasteiger partial charge in [0.25, 0.3) is 5.91 Å². The number of aromatic nitrogens is 1. The number of carbonyl (C=O) groups is 3. The molecule has 1 aromatic heterocycles. The van der Waals surface area contributed by atoms with Crippen molar-refractivity contribution in [2.45, 2.75) is 102 Å². The first-order valence-electron chi connectivity index (χ1n) is 18.5. The van der Waals surface area contributed by atoms with E-state index in [0.717, 1.165) is 69.9 Å². The van der Waals surface area contributed by atoms with Crippen molar-refractivity contribution in [1.29, 1.82) is 0 Å². The number of fused-ring (bicyclic) bond motifs is 9. The van der Waals surface area contributed by atoms with Crippen LogP contribution >= 0.6 is 0 Å². The number of hydrogen-bond acceptors (Lipinski definition) is 7. The molecule has 3 aromatic rings. The number of likely N-dealkylation sites (tertiary alicyclic amines) is 2. The van der Waals surface area contributed by atoms with Crippen LogP contribution in [0.4, 0.5) is 4.79 Å². The molecule has 4 heterocycles. The van der Waals surface area contributed by atoms with E-state index >= 15 is 4.79 Å². The maximum atomic E-state index is 15.0. The van der Waals surface area contributed by atoms with Crippen LogP contribution in [0.3, 0.4) is 0 Å². The maximum Gasteiger partial charge on any atom is 0.410 e. The summed E-state index contributed by atoms with van der Waals surface area (Å²) in [6.07, 6.45) is 6.66. The van der Waals surface area contributed by atoms with E-state index in [1.54, 1.807) is 24.1 Å². The predicted octanol–water partition coefficient (Wildman–Crippen LogP) is 5.61. The molecule has 278 valence electrons. The first-order chi connectivity index (χ1) is 24.6. The second-order valence-corrected chi connectivity index (χ2v) is 18.5. The van der Waals surface area contributed by atoms with Gasteiger partial charge in [-0.2, -0.15) is 12.7 Å². The number of nitrogens with zero attached hydrogens (tertiary/aromatic N) is 4. The maximum absolute atomic E-state index is 15.0. The van der Waals surface area contributed by atoms with E-state index in [9.17, 15) is 18.0 Å². The highest BCUT2D eigenvalue weighted by Crippen LogP contribution is 2.66. The van der Waals surface area contributed by atoms with Gasteiger partial charge in [0, 0.05) is 61.7 Å². The molecule has 4 fully saturated rings. The SMILES string of the molecule is COc1ccc2c(c1)C1CC1(C(=O)N1C[C@H]3C[C@@H]1CN3C(=O)OC(C)(C)C)Cn1c-2c(C2CCCCC2)c2ccc(C(=O)NS(=O)(=O)N(C)C)cc21. The highest BCUT2D eigenvalue weighted by molar-refractivity contribution is 7.87. The Morgan fingerprint density at radius 3 is 2.33 bits per heavy atom. The Labute approximate surface area is 305 Å². The Kier molecular flexibility index (Phi) is 8.22. The molecule has 5 aliphatic rings. The number of benzene rings is 2. The molecule has 3 aliphatic heterocycles. The van der Waals surface area contributed by atoms with E-state index in [2.05, 4.69) is 21.4 Å². The number of ether oxygens (including phenoxy) is 2. The Morgan fingerprint density at radius 1 is 0.962 bits per heavy atom. The molecular formula is C39H49N5O7S. The molecule has 4 atom stereocenters. The van der Waals surface area contributed by atoms with Gasteiger partial charge in [-0.1, -0.05) is 25.3 Å². The molecule has 0 spiro atoms. The summed E-state index contributed by atoms with van der Waals surface area (Å²) in [4.78, 5) is 45.3. The molecule has 52 heavy (non-hydrogen) atoms. The smallest absolute Gasteiger partial charge is 0.410 e. The fourth-order valence-electron chi connectivity index (χ4n) is 9.44. The van der Waals surface area contributed by atoms with Crippen molar-refractivity contribution < 1.29 is 32.3 Å². The molecule has 3 amide bonds. The normalized spacial score (nSPS) is 25.4. The van der Waals surface area contributed by atoms with Crippen molar-refractivity contribution in [3.8, 4) is 17.0 Å². The van der Waals surface area contributed by atoms with E-state index < -0.39 is 27.1 Å². The molecular weight excluding hydrogens is 683 g/mol. The number of rotatable bonds is 6. The Bertz CT molecular complexity index is 2100. The minimum absolute atomic E-state index is 0.0305. The summed E-state index contributed by atoms with van der Waals surface area (Å²) >= 11 is 0. The van der Waals surface area contributed by atoms with Crippen LogP contribution in [0, 0.1) is 5.41 Å². The predicted molar refractivity (Wildman–Crippen MR) is 196 cm³/mol. The Hall–Kier alpha value is -4.10.